The molecule has 0 bridgehead atoms. The maximum atomic E-state index is 6.56. The molecule has 2 fully saturated rings. The lowest BCUT2D eigenvalue weighted by Crippen LogP contribution is -2.39. The van der Waals surface area contributed by atoms with Crippen molar-refractivity contribution < 1.29 is 9.47 Å². The van der Waals surface area contributed by atoms with E-state index in [0.717, 1.165) is 12.8 Å². The first-order valence-electron chi connectivity index (χ1n) is 15.9. The zero-order valence-electron chi connectivity index (χ0n) is 26.2. The summed E-state index contributed by atoms with van der Waals surface area (Å²) < 4.78 is 13.1. The van der Waals surface area contributed by atoms with Crippen molar-refractivity contribution in [3.05, 3.63) is 149 Å². The number of benzene rings is 5. The monoisotopic (exact) mass is 596 g/mol. The van der Waals surface area contributed by atoms with Gasteiger partial charge in [0.25, 0.3) is 0 Å². The van der Waals surface area contributed by atoms with Crippen molar-refractivity contribution in [1.29, 1.82) is 0 Å². The molecule has 2 aliphatic heterocycles. The summed E-state index contributed by atoms with van der Waals surface area (Å²) in [7, 11) is -0.787. The fraction of sp³-hybridized carbons (Fsp3) is 0.268. The predicted octanol–water partition coefficient (Wildman–Crippen LogP) is 10.4. The molecule has 0 amide bonds. The second-order valence-electron chi connectivity index (χ2n) is 12.5. The van der Waals surface area contributed by atoms with E-state index in [4.69, 9.17) is 9.47 Å². The molecule has 2 aliphatic rings. The molecule has 0 saturated carbocycles. The van der Waals surface area contributed by atoms with Gasteiger partial charge in [-0.2, -0.15) is 0 Å². The van der Waals surface area contributed by atoms with E-state index in [0.29, 0.717) is 13.2 Å². The van der Waals surface area contributed by atoms with Crippen LogP contribution < -0.4 is 5.30 Å². The Hall–Kier alpha value is -3.55. The van der Waals surface area contributed by atoms with Crippen LogP contribution in [0.3, 0.4) is 0 Å². The van der Waals surface area contributed by atoms with Gasteiger partial charge < -0.3 is 9.47 Å². The summed E-state index contributed by atoms with van der Waals surface area (Å²) in [5.41, 5.74) is 14.0. The van der Waals surface area contributed by atoms with Crippen LogP contribution in [0.2, 0.25) is 0 Å². The van der Waals surface area contributed by atoms with Gasteiger partial charge in [-0.15, -0.1) is 0 Å². The van der Waals surface area contributed by atoms with Crippen molar-refractivity contribution in [2.75, 3.05) is 13.2 Å². The SMILES string of the molecule is Cc1cccc(C)c1-c1cccc(-c2c(C)cccc2C)c1P1C(c2ccccc2)CC2(CC1c1ccccc1)OCCO2. The second-order valence-corrected chi connectivity index (χ2v) is 15.0. The minimum atomic E-state index is -0.787. The molecule has 7 rings (SSSR count). The summed E-state index contributed by atoms with van der Waals surface area (Å²) in [5, 5.41) is 1.51. The van der Waals surface area contributed by atoms with Crippen molar-refractivity contribution in [1.82, 2.24) is 0 Å². The third-order valence-electron chi connectivity index (χ3n) is 9.66. The molecule has 2 unspecified atom stereocenters. The largest absolute Gasteiger partial charge is 0.347 e. The standard InChI is InChI=1S/C41H41O2P/c1-28-14-11-15-29(2)38(28)34-22-13-23-35(39-30(3)16-12-17-31(39)4)40(34)44-36(32-18-7-5-8-19-32)26-41(42-24-25-43-41)27-37(44)33-20-9-6-10-21-33/h5-23,36-37H,24-27H2,1-4H3. The molecular formula is C41H41O2P. The molecule has 0 aromatic heterocycles. The molecule has 2 saturated heterocycles. The van der Waals surface area contributed by atoms with Crippen LogP contribution in [0.25, 0.3) is 22.3 Å². The van der Waals surface area contributed by atoms with Gasteiger partial charge in [-0.05, 0) is 88.6 Å². The van der Waals surface area contributed by atoms with Crippen molar-refractivity contribution in [3.8, 4) is 22.3 Å². The van der Waals surface area contributed by atoms with E-state index < -0.39 is 13.7 Å². The maximum Gasteiger partial charge on any atom is 0.170 e. The topological polar surface area (TPSA) is 18.5 Å². The minimum Gasteiger partial charge on any atom is -0.347 e. The van der Waals surface area contributed by atoms with E-state index in [9.17, 15) is 0 Å². The van der Waals surface area contributed by atoms with Crippen LogP contribution in [-0.2, 0) is 9.47 Å². The minimum absolute atomic E-state index is 0.261. The molecule has 2 atom stereocenters. The highest BCUT2D eigenvalue weighted by molar-refractivity contribution is 7.67. The normalized spacial score (nSPS) is 21.0. The molecule has 2 heterocycles. The highest BCUT2D eigenvalue weighted by Gasteiger charge is 2.51. The average molecular weight is 597 g/mol. The van der Waals surface area contributed by atoms with Gasteiger partial charge in [-0.25, -0.2) is 0 Å². The Morgan fingerprint density at radius 2 is 0.886 bits per heavy atom. The number of aryl methyl sites for hydroxylation is 4. The molecule has 0 aliphatic carbocycles. The van der Waals surface area contributed by atoms with Crippen molar-refractivity contribution in [3.63, 3.8) is 0 Å². The number of rotatable bonds is 5. The molecule has 44 heavy (non-hydrogen) atoms. The molecule has 5 aromatic carbocycles. The summed E-state index contributed by atoms with van der Waals surface area (Å²) >= 11 is 0. The van der Waals surface area contributed by atoms with Gasteiger partial charge in [0.2, 0.25) is 0 Å². The van der Waals surface area contributed by atoms with Gasteiger partial charge in [0.1, 0.15) is 0 Å². The fourth-order valence-electron chi connectivity index (χ4n) is 7.74. The Morgan fingerprint density at radius 1 is 0.500 bits per heavy atom. The smallest absolute Gasteiger partial charge is 0.170 e. The Balaban J connectivity index is 1.58. The van der Waals surface area contributed by atoms with Crippen molar-refractivity contribution in [2.45, 2.75) is 57.6 Å². The van der Waals surface area contributed by atoms with Crippen LogP contribution >= 0.6 is 7.92 Å². The summed E-state index contributed by atoms with van der Waals surface area (Å²) in [4.78, 5) is 0. The molecule has 1 spiro atoms. The first-order chi connectivity index (χ1) is 21.5. The lowest BCUT2D eigenvalue weighted by Gasteiger charge is -2.48. The average Bonchev–Trinajstić information content (AvgIpc) is 3.49. The van der Waals surface area contributed by atoms with Crippen LogP contribution in [0.5, 0.6) is 0 Å². The van der Waals surface area contributed by atoms with Gasteiger partial charge in [-0.3, -0.25) is 0 Å². The third-order valence-corrected chi connectivity index (χ3v) is 13.0. The van der Waals surface area contributed by atoms with E-state index >= 15 is 0 Å². The van der Waals surface area contributed by atoms with Crippen molar-refractivity contribution >= 4 is 13.2 Å². The van der Waals surface area contributed by atoms with Crippen LogP contribution in [0, 0.1) is 27.7 Å². The molecule has 3 heteroatoms. The van der Waals surface area contributed by atoms with Gasteiger partial charge in [0.15, 0.2) is 5.79 Å². The lowest BCUT2D eigenvalue weighted by atomic mass is 9.90. The summed E-state index contributed by atoms with van der Waals surface area (Å²) in [6.07, 6.45) is 1.72. The summed E-state index contributed by atoms with van der Waals surface area (Å²) in [6.45, 7) is 10.4. The van der Waals surface area contributed by atoms with Crippen LogP contribution in [0.4, 0.5) is 0 Å². The molecule has 5 aromatic rings. The van der Waals surface area contributed by atoms with E-state index in [-0.39, 0.29) is 11.3 Å². The zero-order chi connectivity index (χ0) is 30.3. The van der Waals surface area contributed by atoms with E-state index in [1.807, 2.05) is 0 Å². The van der Waals surface area contributed by atoms with Crippen molar-refractivity contribution in [2.24, 2.45) is 0 Å². The molecule has 2 nitrogen and oxygen atoms in total. The van der Waals surface area contributed by atoms with Gasteiger partial charge in [-0.1, -0.05) is 123 Å². The van der Waals surface area contributed by atoms with Crippen LogP contribution in [0.1, 0.15) is 57.5 Å². The Morgan fingerprint density at radius 3 is 1.30 bits per heavy atom. The molecule has 0 N–H and O–H groups in total. The highest BCUT2D eigenvalue weighted by atomic mass is 31.1. The van der Waals surface area contributed by atoms with Crippen LogP contribution in [-0.4, -0.2) is 19.0 Å². The third kappa shape index (κ3) is 5.24. The van der Waals surface area contributed by atoms with E-state index in [1.165, 1.54) is 60.9 Å². The summed E-state index contributed by atoms with van der Waals surface area (Å²) in [5.74, 6) is -0.563. The Labute approximate surface area is 263 Å². The molecule has 0 radical (unpaired) electrons. The van der Waals surface area contributed by atoms with Gasteiger partial charge in [0.05, 0.1) is 13.2 Å². The Kier molecular flexibility index (Phi) is 8.02. The highest BCUT2D eigenvalue weighted by Crippen LogP contribution is 2.71. The summed E-state index contributed by atoms with van der Waals surface area (Å²) in [6, 6.07) is 42.9. The quantitative estimate of drug-likeness (QED) is 0.188. The maximum absolute atomic E-state index is 6.56. The second kappa shape index (κ2) is 12.1. The van der Waals surface area contributed by atoms with E-state index in [1.54, 1.807) is 0 Å². The number of hydrogen-bond acceptors (Lipinski definition) is 2. The zero-order valence-corrected chi connectivity index (χ0v) is 27.1. The first-order valence-corrected chi connectivity index (χ1v) is 17.4. The molecule has 222 valence electrons. The first kappa shape index (κ1) is 29.2. The van der Waals surface area contributed by atoms with Gasteiger partial charge in [0, 0.05) is 24.2 Å². The van der Waals surface area contributed by atoms with Crippen LogP contribution in [0.15, 0.2) is 115 Å². The number of hydrogen-bond donors (Lipinski definition) is 0. The number of ether oxygens (including phenoxy) is 2. The fourth-order valence-corrected chi connectivity index (χ4v) is 11.7. The molecular weight excluding hydrogens is 555 g/mol. The van der Waals surface area contributed by atoms with Gasteiger partial charge >= 0.3 is 0 Å². The predicted molar refractivity (Wildman–Crippen MR) is 185 cm³/mol. The Bertz CT molecular complexity index is 1610. The lowest BCUT2D eigenvalue weighted by molar-refractivity contribution is -0.170. The van der Waals surface area contributed by atoms with E-state index in [2.05, 4.69) is 143 Å².